The Morgan fingerprint density at radius 2 is 0.483 bits per heavy atom. The van der Waals surface area contributed by atoms with E-state index in [4.69, 9.17) is 14.2 Å². The number of hydrogen-bond acceptors (Lipinski definition) is 6. The highest BCUT2D eigenvalue weighted by Gasteiger charge is 2.35. The fourth-order valence-electron chi connectivity index (χ4n) is 12.9. The van der Waals surface area contributed by atoms with Crippen LogP contribution < -0.4 is 14.2 Å². The molecule has 87 heavy (non-hydrogen) atoms. The second-order valence-corrected chi connectivity index (χ2v) is 21.8. The van der Waals surface area contributed by atoms with E-state index in [1.165, 1.54) is 0 Å². The topological polar surface area (TPSA) is 93.7 Å². The Morgan fingerprint density at radius 3 is 0.690 bits per heavy atom. The molecule has 0 fully saturated rings. The summed E-state index contributed by atoms with van der Waals surface area (Å²) in [6, 6.07) is 95.2. The van der Waals surface area contributed by atoms with Gasteiger partial charge in [0.15, 0.2) is 0 Å². The third-order valence-corrected chi connectivity index (χ3v) is 17.0. The van der Waals surface area contributed by atoms with Gasteiger partial charge in [0, 0.05) is 54.8 Å². The number of aromatic nitrogens is 3. The minimum Gasteiger partial charge on any atom is -0.423 e. The summed E-state index contributed by atoms with van der Waals surface area (Å²) < 4.78 is 24.7. The van der Waals surface area contributed by atoms with Gasteiger partial charge in [-0.25, -0.2) is 14.4 Å². The Hall–Kier alpha value is -11.6. The first-order valence-corrected chi connectivity index (χ1v) is 29.1. The smallest absolute Gasteiger partial charge is 0.343 e. The summed E-state index contributed by atoms with van der Waals surface area (Å²) >= 11 is 0. The maximum absolute atomic E-state index is 13.8. The summed E-state index contributed by atoms with van der Waals surface area (Å²) in [6.07, 6.45) is 0.597. The minimum absolute atomic E-state index is 0.385. The van der Waals surface area contributed by atoms with Crippen molar-refractivity contribution in [2.75, 3.05) is 0 Å². The third kappa shape index (κ3) is 9.08. The number of benzene rings is 12. The lowest BCUT2D eigenvalue weighted by Crippen LogP contribution is -2.28. The van der Waals surface area contributed by atoms with E-state index in [-0.39, 0.29) is 0 Å². The monoisotopic (exact) mass is 1130 g/mol. The van der Waals surface area contributed by atoms with Crippen molar-refractivity contribution in [2.45, 2.75) is 18.8 Å². The molecule has 3 heterocycles. The fraction of sp³-hybridized carbons (Fsp3) is 0.0385. The average molecular weight is 1130 g/mol. The van der Waals surface area contributed by atoms with Crippen LogP contribution >= 0.6 is 0 Å². The molecule has 0 aliphatic carbocycles. The Bertz CT molecular complexity index is 4460. The molecule has 9 nitrogen and oxygen atoms in total. The van der Waals surface area contributed by atoms with Crippen molar-refractivity contribution >= 4 is 83.3 Å². The second kappa shape index (κ2) is 21.6. The van der Waals surface area contributed by atoms with Crippen LogP contribution in [0, 0.1) is 0 Å². The maximum atomic E-state index is 13.8. The SMILES string of the molecule is CCC(c1ccc(OC(=O)c2ccc(-n3c4ccccc4c4ccccc43)cc2)cc1)(c1ccc(OC(=O)c2ccc(-n3c4ccccc4c4ccccc43)cc2)cc1)c1ccc(OC(=O)c2ccc(-n3c4ccccc4c4ccccc43)cc2)cc1. The molecule has 0 radical (unpaired) electrons. The molecule has 3 aromatic heterocycles. The molecule has 15 aromatic rings. The highest BCUT2D eigenvalue weighted by Crippen LogP contribution is 2.44. The van der Waals surface area contributed by atoms with Crippen LogP contribution in [0.25, 0.3) is 82.5 Å². The Kier molecular flexibility index (Phi) is 13.0. The normalized spacial score (nSPS) is 11.7. The van der Waals surface area contributed by atoms with Crippen LogP contribution in [0.5, 0.6) is 17.2 Å². The van der Waals surface area contributed by atoms with E-state index in [2.05, 4.69) is 93.4 Å². The van der Waals surface area contributed by atoms with Gasteiger partial charge in [0.2, 0.25) is 0 Å². The standard InChI is InChI=1S/C78H53N3O6/c1-2-78(54-33-45-60(46-34-54)85-75(82)51-27-39-57(40-28-51)79-69-21-9-3-15-63(69)64-16-4-10-22-70(64)79,55-35-47-61(48-36-55)86-76(83)52-29-41-58(42-30-52)80-71-23-11-5-17-65(71)66-18-6-12-24-72(66)80)56-37-49-62(50-38-56)87-77(84)53-31-43-59(44-32-53)81-73-25-13-7-19-67(73)68-20-8-14-26-74(68)81/h3-50H,2H2,1H3. The van der Waals surface area contributed by atoms with Gasteiger partial charge in [0.1, 0.15) is 17.2 Å². The lowest BCUT2D eigenvalue weighted by atomic mass is 9.67. The average Bonchev–Trinajstić information content (AvgIpc) is 2.70. The molecule has 0 bridgehead atoms. The number of ether oxygens (including phenoxy) is 3. The quantitative estimate of drug-likeness (QED) is 0.0649. The molecule has 15 rings (SSSR count). The molecule has 416 valence electrons. The predicted molar refractivity (Wildman–Crippen MR) is 347 cm³/mol. The van der Waals surface area contributed by atoms with Gasteiger partial charge in [-0.3, -0.25) is 0 Å². The molecule has 0 saturated carbocycles. The van der Waals surface area contributed by atoms with E-state index in [1.807, 2.05) is 182 Å². The van der Waals surface area contributed by atoms with Crippen LogP contribution in [0.1, 0.15) is 61.1 Å². The number of esters is 3. The van der Waals surface area contributed by atoms with E-state index < -0.39 is 23.3 Å². The van der Waals surface area contributed by atoms with Gasteiger partial charge in [-0.2, -0.15) is 0 Å². The number of carbonyl (C=O) groups excluding carboxylic acids is 3. The zero-order valence-corrected chi connectivity index (χ0v) is 47.2. The van der Waals surface area contributed by atoms with Crippen molar-refractivity contribution in [1.29, 1.82) is 0 Å². The van der Waals surface area contributed by atoms with E-state index in [0.717, 1.165) is 99.2 Å². The Morgan fingerprint density at radius 1 is 0.276 bits per heavy atom. The zero-order chi connectivity index (χ0) is 58.6. The first-order valence-electron chi connectivity index (χ1n) is 29.1. The highest BCUT2D eigenvalue weighted by molar-refractivity contribution is 6.11. The molecule has 0 amide bonds. The Labute approximate surface area is 500 Å². The fourth-order valence-corrected chi connectivity index (χ4v) is 12.9. The number of hydrogen-bond donors (Lipinski definition) is 0. The van der Waals surface area contributed by atoms with Gasteiger partial charge >= 0.3 is 17.9 Å². The van der Waals surface area contributed by atoms with E-state index in [0.29, 0.717) is 40.4 Å². The molecular weight excluding hydrogens is 1070 g/mol. The maximum Gasteiger partial charge on any atom is 0.343 e. The van der Waals surface area contributed by atoms with Crippen LogP contribution in [0.4, 0.5) is 0 Å². The van der Waals surface area contributed by atoms with E-state index in [1.54, 1.807) is 36.4 Å². The Balaban J connectivity index is 0.700. The molecule has 0 spiro atoms. The van der Waals surface area contributed by atoms with Crippen molar-refractivity contribution in [3.8, 4) is 34.3 Å². The van der Waals surface area contributed by atoms with Gasteiger partial charge in [0.25, 0.3) is 0 Å². The molecule has 9 heteroatoms. The molecule has 0 aliphatic heterocycles. The summed E-state index contributed by atoms with van der Waals surface area (Å²) in [5.74, 6) is -0.284. The number of carbonyl (C=O) groups is 3. The molecule has 0 unspecified atom stereocenters. The summed E-state index contributed by atoms with van der Waals surface area (Å²) in [7, 11) is 0. The van der Waals surface area contributed by atoms with Crippen molar-refractivity contribution in [2.24, 2.45) is 0 Å². The number of para-hydroxylation sites is 6. The number of rotatable bonds is 13. The van der Waals surface area contributed by atoms with Crippen LogP contribution in [-0.2, 0) is 5.41 Å². The highest BCUT2D eigenvalue weighted by atomic mass is 16.5. The van der Waals surface area contributed by atoms with Crippen molar-refractivity contribution in [3.05, 3.63) is 325 Å². The van der Waals surface area contributed by atoms with Gasteiger partial charge in [0.05, 0.1) is 49.8 Å². The number of nitrogens with zero attached hydrogens (tertiary/aromatic N) is 3. The summed E-state index contributed by atoms with van der Waals surface area (Å²) in [5, 5.41) is 6.96. The van der Waals surface area contributed by atoms with Gasteiger partial charge in [-0.1, -0.05) is 153 Å². The van der Waals surface area contributed by atoms with Crippen molar-refractivity contribution in [1.82, 2.24) is 13.7 Å². The van der Waals surface area contributed by atoms with E-state index in [9.17, 15) is 14.4 Å². The number of fused-ring (bicyclic) bond motifs is 9. The zero-order valence-electron chi connectivity index (χ0n) is 47.2. The third-order valence-electron chi connectivity index (χ3n) is 17.0. The largest absolute Gasteiger partial charge is 0.423 e. The van der Waals surface area contributed by atoms with Gasteiger partial charge < -0.3 is 27.9 Å². The van der Waals surface area contributed by atoms with Crippen LogP contribution in [0.3, 0.4) is 0 Å². The van der Waals surface area contributed by atoms with Gasteiger partial charge in [-0.05, 0) is 169 Å². The predicted octanol–water partition coefficient (Wildman–Crippen LogP) is 18.4. The summed E-state index contributed by atoms with van der Waals surface area (Å²) in [6.45, 7) is 2.12. The lowest BCUT2D eigenvalue weighted by molar-refractivity contribution is 0.0725. The van der Waals surface area contributed by atoms with E-state index >= 15 is 0 Å². The van der Waals surface area contributed by atoms with Crippen molar-refractivity contribution < 1.29 is 28.6 Å². The molecular formula is C78H53N3O6. The van der Waals surface area contributed by atoms with Crippen molar-refractivity contribution in [3.63, 3.8) is 0 Å². The minimum atomic E-state index is -0.776. The molecule has 12 aromatic carbocycles. The second-order valence-electron chi connectivity index (χ2n) is 21.8. The summed E-state index contributed by atoms with van der Waals surface area (Å²) in [4.78, 5) is 41.4. The molecule has 0 saturated heterocycles. The first-order chi connectivity index (χ1) is 42.8. The molecule has 0 aliphatic rings. The molecule has 0 atom stereocenters. The lowest BCUT2D eigenvalue weighted by Gasteiger charge is -2.35. The first kappa shape index (κ1) is 52.3. The molecule has 0 N–H and O–H groups in total. The van der Waals surface area contributed by atoms with Crippen LogP contribution in [0.2, 0.25) is 0 Å². The van der Waals surface area contributed by atoms with Crippen LogP contribution in [-0.4, -0.2) is 31.6 Å². The summed E-state index contributed by atoms with van der Waals surface area (Å²) in [5.41, 5.74) is 12.5. The van der Waals surface area contributed by atoms with Gasteiger partial charge in [-0.15, -0.1) is 0 Å². The van der Waals surface area contributed by atoms with Crippen LogP contribution in [0.15, 0.2) is 291 Å².